The zero-order valence-corrected chi connectivity index (χ0v) is 16.0. The summed E-state index contributed by atoms with van der Waals surface area (Å²) in [6, 6.07) is 0. The molecule has 0 atom stereocenters. The highest BCUT2D eigenvalue weighted by molar-refractivity contribution is 4.82. The van der Waals surface area contributed by atoms with Crippen LogP contribution in [0, 0.1) is 23.7 Å². The van der Waals surface area contributed by atoms with Crippen molar-refractivity contribution >= 4 is 0 Å². The van der Waals surface area contributed by atoms with Crippen molar-refractivity contribution in [3.8, 4) is 0 Å². The first kappa shape index (κ1) is 20.2. The van der Waals surface area contributed by atoms with Crippen molar-refractivity contribution in [3.05, 3.63) is 0 Å². The van der Waals surface area contributed by atoms with Gasteiger partial charge in [-0.3, -0.25) is 0 Å². The summed E-state index contributed by atoms with van der Waals surface area (Å²) in [6.07, 6.45) is 18.5. The van der Waals surface area contributed by atoms with Gasteiger partial charge in [-0.1, -0.05) is 71.1 Å². The van der Waals surface area contributed by atoms with Crippen LogP contribution in [0.1, 0.15) is 110 Å². The monoisotopic (exact) mass is 342 g/mol. The van der Waals surface area contributed by atoms with Gasteiger partial charge >= 0.3 is 0 Å². The van der Waals surface area contributed by atoms with Crippen LogP contribution >= 0.6 is 0 Å². The minimum atomic E-state index is -2.08. The zero-order valence-electron chi connectivity index (χ0n) is 16.0. The molecular formula is C22H40F2. The number of hydrogen-bond acceptors (Lipinski definition) is 0. The van der Waals surface area contributed by atoms with Gasteiger partial charge in [0.25, 0.3) is 0 Å². The van der Waals surface area contributed by atoms with Crippen molar-refractivity contribution in [1.29, 1.82) is 0 Å². The SMILES string of the molecule is CCCCCCCCC[C@H]1CC[C@H]([C@H]2CC[C@H](C(F)F)CC2)CC1. The van der Waals surface area contributed by atoms with Crippen molar-refractivity contribution in [2.24, 2.45) is 23.7 Å². The van der Waals surface area contributed by atoms with E-state index in [9.17, 15) is 8.78 Å². The molecule has 0 aromatic carbocycles. The molecule has 2 aliphatic rings. The molecule has 2 aliphatic carbocycles. The average molecular weight is 343 g/mol. The van der Waals surface area contributed by atoms with E-state index < -0.39 is 6.43 Å². The highest BCUT2D eigenvalue weighted by Gasteiger charge is 2.33. The fourth-order valence-corrected chi connectivity index (χ4v) is 5.21. The molecule has 0 heterocycles. The van der Waals surface area contributed by atoms with Crippen LogP contribution in [0.3, 0.4) is 0 Å². The van der Waals surface area contributed by atoms with E-state index >= 15 is 0 Å². The lowest BCUT2D eigenvalue weighted by Crippen LogP contribution is -2.27. The fraction of sp³-hybridized carbons (Fsp3) is 1.00. The fourth-order valence-electron chi connectivity index (χ4n) is 5.21. The van der Waals surface area contributed by atoms with Gasteiger partial charge in [0.15, 0.2) is 0 Å². The largest absolute Gasteiger partial charge is 0.241 e. The minimum Gasteiger partial charge on any atom is -0.210 e. The smallest absolute Gasteiger partial charge is 0.210 e. The molecule has 0 unspecified atom stereocenters. The Labute approximate surface area is 149 Å². The van der Waals surface area contributed by atoms with Gasteiger partial charge in [0.2, 0.25) is 6.43 Å². The molecular weight excluding hydrogens is 302 g/mol. The van der Waals surface area contributed by atoms with Crippen molar-refractivity contribution in [2.45, 2.75) is 116 Å². The van der Waals surface area contributed by atoms with Gasteiger partial charge in [0.05, 0.1) is 0 Å². The average Bonchev–Trinajstić information content (AvgIpc) is 2.61. The maximum atomic E-state index is 12.8. The van der Waals surface area contributed by atoms with Crippen LogP contribution in [-0.4, -0.2) is 6.43 Å². The lowest BCUT2D eigenvalue weighted by atomic mass is 9.68. The zero-order chi connectivity index (χ0) is 17.2. The van der Waals surface area contributed by atoms with Crippen molar-refractivity contribution < 1.29 is 8.78 Å². The predicted molar refractivity (Wildman–Crippen MR) is 99.5 cm³/mol. The molecule has 0 aromatic rings. The van der Waals surface area contributed by atoms with Gasteiger partial charge in [-0.15, -0.1) is 0 Å². The third-order valence-corrected chi connectivity index (χ3v) is 6.95. The van der Waals surface area contributed by atoms with E-state index in [4.69, 9.17) is 0 Å². The molecule has 2 saturated carbocycles. The lowest BCUT2D eigenvalue weighted by molar-refractivity contribution is 0.0339. The van der Waals surface area contributed by atoms with Crippen LogP contribution in [0.5, 0.6) is 0 Å². The summed E-state index contributed by atoms with van der Waals surface area (Å²) < 4.78 is 25.6. The van der Waals surface area contributed by atoms with E-state index in [0.29, 0.717) is 0 Å². The van der Waals surface area contributed by atoms with Gasteiger partial charge in [-0.25, -0.2) is 8.78 Å². The lowest BCUT2D eigenvalue weighted by Gasteiger charge is -2.37. The Balaban J connectivity index is 1.51. The highest BCUT2D eigenvalue weighted by atomic mass is 19.3. The van der Waals surface area contributed by atoms with Crippen molar-refractivity contribution in [2.75, 3.05) is 0 Å². The topological polar surface area (TPSA) is 0 Å². The van der Waals surface area contributed by atoms with Crippen LogP contribution in [-0.2, 0) is 0 Å². The first-order chi connectivity index (χ1) is 11.7. The standard InChI is InChI=1S/C22H40F2/c1-2-3-4-5-6-7-8-9-18-10-12-19(13-11-18)20-14-16-21(17-15-20)22(23)24/h18-22H,2-17H2,1H3/t18-,19-,20-,21-. The van der Waals surface area contributed by atoms with Crippen LogP contribution in [0.4, 0.5) is 8.78 Å². The molecule has 0 spiro atoms. The third-order valence-electron chi connectivity index (χ3n) is 6.95. The number of alkyl halides is 2. The van der Waals surface area contributed by atoms with Crippen molar-refractivity contribution in [1.82, 2.24) is 0 Å². The second-order valence-corrected chi connectivity index (χ2v) is 8.70. The summed E-state index contributed by atoms with van der Waals surface area (Å²) in [5.41, 5.74) is 0. The Morgan fingerprint density at radius 3 is 1.71 bits per heavy atom. The molecule has 0 aromatic heterocycles. The van der Waals surface area contributed by atoms with Gasteiger partial charge in [-0.05, 0) is 56.3 Å². The molecule has 0 nitrogen and oxygen atoms in total. The van der Waals surface area contributed by atoms with E-state index in [0.717, 1.165) is 43.4 Å². The quantitative estimate of drug-likeness (QED) is 0.353. The summed E-state index contributed by atoms with van der Waals surface area (Å²) in [7, 11) is 0. The molecule has 0 radical (unpaired) electrons. The molecule has 0 N–H and O–H groups in total. The molecule has 2 fully saturated rings. The summed E-state index contributed by atoms with van der Waals surface area (Å²) in [5, 5.41) is 0. The van der Waals surface area contributed by atoms with Crippen LogP contribution in [0.25, 0.3) is 0 Å². The Bertz CT molecular complexity index is 299. The molecule has 2 rings (SSSR count). The number of hydrogen-bond donors (Lipinski definition) is 0. The molecule has 0 saturated heterocycles. The molecule has 2 heteroatoms. The molecule has 0 bridgehead atoms. The summed E-state index contributed by atoms with van der Waals surface area (Å²) in [6.45, 7) is 2.28. The van der Waals surface area contributed by atoms with E-state index in [-0.39, 0.29) is 5.92 Å². The Kier molecular flexibility index (Phi) is 9.64. The first-order valence-corrected chi connectivity index (χ1v) is 11.0. The van der Waals surface area contributed by atoms with Crippen LogP contribution in [0.2, 0.25) is 0 Å². The van der Waals surface area contributed by atoms with Gasteiger partial charge < -0.3 is 0 Å². The van der Waals surface area contributed by atoms with Crippen LogP contribution in [0.15, 0.2) is 0 Å². The second-order valence-electron chi connectivity index (χ2n) is 8.70. The maximum Gasteiger partial charge on any atom is 0.241 e. The Morgan fingerprint density at radius 2 is 1.17 bits per heavy atom. The third kappa shape index (κ3) is 7.00. The minimum absolute atomic E-state index is 0.296. The molecule has 24 heavy (non-hydrogen) atoms. The van der Waals surface area contributed by atoms with Crippen LogP contribution < -0.4 is 0 Å². The number of unbranched alkanes of at least 4 members (excludes halogenated alkanes) is 6. The number of halogens is 2. The molecule has 0 aliphatic heterocycles. The van der Waals surface area contributed by atoms with Gasteiger partial charge in [-0.2, -0.15) is 0 Å². The van der Waals surface area contributed by atoms with Crippen molar-refractivity contribution in [3.63, 3.8) is 0 Å². The normalized spacial score (nSPS) is 31.5. The molecule has 0 amide bonds. The van der Waals surface area contributed by atoms with E-state index in [1.54, 1.807) is 0 Å². The predicted octanol–water partition coefficient (Wildman–Crippen LogP) is 8.01. The van der Waals surface area contributed by atoms with Gasteiger partial charge in [0.1, 0.15) is 0 Å². The van der Waals surface area contributed by atoms with E-state index in [1.807, 2.05) is 0 Å². The highest BCUT2D eigenvalue weighted by Crippen LogP contribution is 2.43. The Hall–Kier alpha value is -0.140. The van der Waals surface area contributed by atoms with E-state index in [2.05, 4.69) is 6.92 Å². The van der Waals surface area contributed by atoms with E-state index in [1.165, 1.54) is 77.0 Å². The maximum absolute atomic E-state index is 12.8. The van der Waals surface area contributed by atoms with Gasteiger partial charge in [0, 0.05) is 5.92 Å². The summed E-state index contributed by atoms with van der Waals surface area (Å²) in [4.78, 5) is 0. The molecule has 142 valence electrons. The number of rotatable bonds is 10. The Morgan fingerprint density at radius 1 is 0.667 bits per heavy atom. The second kappa shape index (κ2) is 11.5. The summed E-state index contributed by atoms with van der Waals surface area (Å²) in [5.74, 6) is 2.29. The first-order valence-electron chi connectivity index (χ1n) is 11.0. The summed E-state index contributed by atoms with van der Waals surface area (Å²) >= 11 is 0.